The van der Waals surface area contributed by atoms with Crippen LogP contribution in [0.5, 0.6) is 0 Å². The largest absolute Gasteiger partial charge is 0.464 e. The Kier molecular flexibility index (Phi) is 3.82. The van der Waals surface area contributed by atoms with Crippen molar-refractivity contribution >= 4 is 11.6 Å². The van der Waals surface area contributed by atoms with Crippen molar-refractivity contribution in [3.8, 4) is 11.3 Å². The number of hydrogen-bond acceptors (Lipinski definition) is 2. The Morgan fingerprint density at radius 3 is 2.83 bits per heavy atom. The SMILES string of the molecule is CCCC(=O)Nc1ccc(C)cc1-c1ccco1. The molecule has 3 heteroatoms. The second kappa shape index (κ2) is 5.54. The van der Waals surface area contributed by atoms with Gasteiger partial charge in [-0.25, -0.2) is 0 Å². The zero-order valence-electron chi connectivity index (χ0n) is 10.7. The van der Waals surface area contributed by atoms with Crippen LogP contribution in [-0.4, -0.2) is 5.91 Å². The van der Waals surface area contributed by atoms with Crippen molar-refractivity contribution in [1.29, 1.82) is 0 Å². The standard InChI is InChI=1S/C15H17NO2/c1-3-5-15(17)16-13-8-7-11(2)10-12(13)14-6-4-9-18-14/h4,6-10H,3,5H2,1-2H3,(H,16,17). The van der Waals surface area contributed by atoms with Gasteiger partial charge in [-0.05, 0) is 37.6 Å². The number of anilines is 1. The molecule has 1 N–H and O–H groups in total. The Bertz CT molecular complexity index is 529. The van der Waals surface area contributed by atoms with Crippen LogP contribution in [0.4, 0.5) is 5.69 Å². The molecule has 18 heavy (non-hydrogen) atoms. The summed E-state index contributed by atoms with van der Waals surface area (Å²) in [6.07, 6.45) is 3.01. The molecule has 2 aromatic rings. The highest BCUT2D eigenvalue weighted by Gasteiger charge is 2.10. The van der Waals surface area contributed by atoms with Crippen LogP contribution < -0.4 is 5.32 Å². The van der Waals surface area contributed by atoms with Gasteiger partial charge in [-0.3, -0.25) is 4.79 Å². The molecule has 1 heterocycles. The van der Waals surface area contributed by atoms with Crippen LogP contribution in [0.15, 0.2) is 41.0 Å². The Labute approximate surface area is 107 Å². The van der Waals surface area contributed by atoms with E-state index in [0.29, 0.717) is 6.42 Å². The Morgan fingerprint density at radius 1 is 1.33 bits per heavy atom. The van der Waals surface area contributed by atoms with Crippen molar-refractivity contribution < 1.29 is 9.21 Å². The fraction of sp³-hybridized carbons (Fsp3) is 0.267. The first-order valence-electron chi connectivity index (χ1n) is 6.15. The lowest BCUT2D eigenvalue weighted by Gasteiger charge is -2.10. The van der Waals surface area contributed by atoms with Crippen LogP contribution in [-0.2, 0) is 4.79 Å². The zero-order chi connectivity index (χ0) is 13.0. The van der Waals surface area contributed by atoms with Gasteiger partial charge in [0.15, 0.2) is 0 Å². The first-order chi connectivity index (χ1) is 8.70. The number of amides is 1. The van der Waals surface area contributed by atoms with Gasteiger partial charge < -0.3 is 9.73 Å². The highest BCUT2D eigenvalue weighted by Crippen LogP contribution is 2.29. The average Bonchev–Trinajstić information content (AvgIpc) is 2.85. The molecule has 0 radical (unpaired) electrons. The summed E-state index contributed by atoms with van der Waals surface area (Å²) in [4.78, 5) is 11.7. The number of carbonyl (C=O) groups excluding carboxylic acids is 1. The topological polar surface area (TPSA) is 42.2 Å². The van der Waals surface area contributed by atoms with Gasteiger partial charge in [0.25, 0.3) is 0 Å². The van der Waals surface area contributed by atoms with E-state index in [1.807, 2.05) is 44.2 Å². The van der Waals surface area contributed by atoms with E-state index in [-0.39, 0.29) is 5.91 Å². The molecule has 0 unspecified atom stereocenters. The van der Waals surface area contributed by atoms with Crippen LogP contribution in [0.3, 0.4) is 0 Å². The number of aryl methyl sites for hydroxylation is 1. The third-order valence-electron chi connectivity index (χ3n) is 2.71. The maximum absolute atomic E-state index is 11.7. The molecule has 2 rings (SSSR count). The second-order valence-electron chi connectivity index (χ2n) is 4.32. The summed E-state index contributed by atoms with van der Waals surface area (Å²) in [5.74, 6) is 0.805. The fourth-order valence-electron chi connectivity index (χ4n) is 1.84. The maximum atomic E-state index is 11.7. The van der Waals surface area contributed by atoms with Gasteiger partial charge in [0.05, 0.1) is 12.0 Å². The minimum absolute atomic E-state index is 0.0363. The smallest absolute Gasteiger partial charge is 0.224 e. The molecule has 0 saturated heterocycles. The molecule has 0 fully saturated rings. The summed E-state index contributed by atoms with van der Waals surface area (Å²) in [5.41, 5.74) is 2.85. The molecule has 0 spiro atoms. The first kappa shape index (κ1) is 12.4. The monoisotopic (exact) mass is 243 g/mol. The summed E-state index contributed by atoms with van der Waals surface area (Å²) >= 11 is 0. The molecule has 1 aromatic heterocycles. The summed E-state index contributed by atoms with van der Waals surface area (Å²) in [6, 6.07) is 9.65. The van der Waals surface area contributed by atoms with Crippen LogP contribution in [0.1, 0.15) is 25.3 Å². The van der Waals surface area contributed by atoms with Crippen LogP contribution >= 0.6 is 0 Å². The normalized spacial score (nSPS) is 10.3. The van der Waals surface area contributed by atoms with E-state index >= 15 is 0 Å². The van der Waals surface area contributed by atoms with Gasteiger partial charge in [0.2, 0.25) is 5.91 Å². The highest BCUT2D eigenvalue weighted by atomic mass is 16.3. The Balaban J connectivity index is 2.32. The average molecular weight is 243 g/mol. The van der Waals surface area contributed by atoms with Gasteiger partial charge in [-0.2, -0.15) is 0 Å². The molecule has 1 amide bonds. The molecular weight excluding hydrogens is 226 g/mol. The Hall–Kier alpha value is -2.03. The lowest BCUT2D eigenvalue weighted by Crippen LogP contribution is -2.11. The van der Waals surface area contributed by atoms with E-state index in [2.05, 4.69) is 5.32 Å². The second-order valence-corrected chi connectivity index (χ2v) is 4.32. The minimum atomic E-state index is 0.0363. The highest BCUT2D eigenvalue weighted by molar-refractivity contribution is 5.94. The van der Waals surface area contributed by atoms with Gasteiger partial charge in [0, 0.05) is 12.0 Å². The van der Waals surface area contributed by atoms with Gasteiger partial charge >= 0.3 is 0 Å². The minimum Gasteiger partial charge on any atom is -0.464 e. The third kappa shape index (κ3) is 2.80. The van der Waals surface area contributed by atoms with Crippen molar-refractivity contribution in [2.75, 3.05) is 5.32 Å². The zero-order valence-corrected chi connectivity index (χ0v) is 10.7. The van der Waals surface area contributed by atoms with Crippen LogP contribution in [0, 0.1) is 6.92 Å². The van der Waals surface area contributed by atoms with Crippen molar-refractivity contribution in [3.05, 3.63) is 42.2 Å². The number of benzene rings is 1. The van der Waals surface area contributed by atoms with Crippen LogP contribution in [0.25, 0.3) is 11.3 Å². The number of furan rings is 1. The molecule has 0 aliphatic rings. The number of nitrogens with one attached hydrogen (secondary N) is 1. The molecule has 0 aliphatic heterocycles. The lowest BCUT2D eigenvalue weighted by molar-refractivity contribution is -0.116. The molecule has 3 nitrogen and oxygen atoms in total. The maximum Gasteiger partial charge on any atom is 0.224 e. The van der Waals surface area contributed by atoms with E-state index in [4.69, 9.17) is 4.42 Å². The molecule has 0 atom stereocenters. The predicted molar refractivity (Wildman–Crippen MR) is 72.4 cm³/mol. The fourth-order valence-corrected chi connectivity index (χ4v) is 1.84. The summed E-state index contributed by atoms with van der Waals surface area (Å²) < 4.78 is 5.41. The van der Waals surface area contributed by atoms with E-state index in [1.165, 1.54) is 0 Å². The van der Waals surface area contributed by atoms with Crippen molar-refractivity contribution in [3.63, 3.8) is 0 Å². The Morgan fingerprint density at radius 2 is 2.17 bits per heavy atom. The molecule has 0 aliphatic carbocycles. The molecule has 0 bridgehead atoms. The predicted octanol–water partition coefficient (Wildman–Crippen LogP) is 3.99. The van der Waals surface area contributed by atoms with Gasteiger partial charge in [0.1, 0.15) is 5.76 Å². The van der Waals surface area contributed by atoms with Crippen LogP contribution in [0.2, 0.25) is 0 Å². The van der Waals surface area contributed by atoms with Gasteiger partial charge in [-0.15, -0.1) is 0 Å². The quantitative estimate of drug-likeness (QED) is 0.882. The summed E-state index contributed by atoms with van der Waals surface area (Å²) in [5, 5.41) is 2.93. The molecule has 1 aromatic carbocycles. The molecule has 0 saturated carbocycles. The summed E-state index contributed by atoms with van der Waals surface area (Å²) in [7, 11) is 0. The van der Waals surface area contributed by atoms with E-state index in [9.17, 15) is 4.79 Å². The van der Waals surface area contributed by atoms with Crippen molar-refractivity contribution in [2.24, 2.45) is 0 Å². The number of carbonyl (C=O) groups is 1. The number of rotatable bonds is 4. The summed E-state index contributed by atoms with van der Waals surface area (Å²) in [6.45, 7) is 4.01. The molecule has 94 valence electrons. The van der Waals surface area contributed by atoms with Crippen molar-refractivity contribution in [1.82, 2.24) is 0 Å². The number of hydrogen-bond donors (Lipinski definition) is 1. The van der Waals surface area contributed by atoms with E-state index in [0.717, 1.165) is 29.0 Å². The van der Waals surface area contributed by atoms with Gasteiger partial charge in [-0.1, -0.05) is 18.6 Å². The van der Waals surface area contributed by atoms with Crippen molar-refractivity contribution in [2.45, 2.75) is 26.7 Å². The third-order valence-corrected chi connectivity index (χ3v) is 2.71. The molecular formula is C15H17NO2. The first-order valence-corrected chi connectivity index (χ1v) is 6.15. The van der Waals surface area contributed by atoms with E-state index in [1.54, 1.807) is 6.26 Å². The lowest BCUT2D eigenvalue weighted by atomic mass is 10.1. The van der Waals surface area contributed by atoms with E-state index < -0.39 is 0 Å².